The van der Waals surface area contributed by atoms with Gasteiger partial charge in [0.05, 0.1) is 0 Å². The first-order valence-corrected chi connectivity index (χ1v) is 6.38. The summed E-state index contributed by atoms with van der Waals surface area (Å²) >= 11 is 3.45. The Hall–Kier alpha value is -0.300. The van der Waals surface area contributed by atoms with Gasteiger partial charge in [0, 0.05) is 10.9 Å². The Morgan fingerprint density at radius 2 is 2.00 bits per heavy atom. The van der Waals surface area contributed by atoms with Gasteiger partial charge in [-0.15, -0.1) is 0 Å². The van der Waals surface area contributed by atoms with Crippen LogP contribution in [0.2, 0.25) is 0 Å². The van der Waals surface area contributed by atoms with E-state index in [-0.39, 0.29) is 10.9 Å². The molecule has 1 rings (SSSR count). The Labute approximate surface area is 106 Å². The number of ether oxygens (including phenoxy) is 1. The van der Waals surface area contributed by atoms with Gasteiger partial charge in [-0.25, -0.2) is 0 Å². The zero-order valence-electron chi connectivity index (χ0n) is 9.23. The fourth-order valence-corrected chi connectivity index (χ4v) is 2.48. The highest BCUT2D eigenvalue weighted by molar-refractivity contribution is 9.09. The minimum absolute atomic E-state index is 0.00858. The molecule has 1 aliphatic carbocycles. The summed E-state index contributed by atoms with van der Waals surface area (Å²) in [6.07, 6.45) is -0.443. The number of amides is 1. The molecule has 3 nitrogen and oxygen atoms in total. The van der Waals surface area contributed by atoms with Crippen molar-refractivity contribution in [2.24, 2.45) is 0 Å². The third-order valence-electron chi connectivity index (χ3n) is 2.53. The van der Waals surface area contributed by atoms with E-state index >= 15 is 0 Å². The number of halogens is 4. The van der Waals surface area contributed by atoms with Crippen molar-refractivity contribution in [2.45, 2.75) is 42.7 Å². The van der Waals surface area contributed by atoms with Crippen LogP contribution >= 0.6 is 15.9 Å². The number of rotatable bonds is 4. The van der Waals surface area contributed by atoms with Crippen LogP contribution in [0.5, 0.6) is 0 Å². The van der Waals surface area contributed by atoms with Crippen LogP contribution in [-0.4, -0.2) is 36.2 Å². The van der Waals surface area contributed by atoms with Crippen molar-refractivity contribution in [3.8, 4) is 0 Å². The van der Waals surface area contributed by atoms with E-state index in [0.717, 1.165) is 25.7 Å². The average Bonchev–Trinajstić information content (AvgIpc) is 2.19. The molecule has 0 saturated heterocycles. The molecule has 1 aliphatic rings. The van der Waals surface area contributed by atoms with E-state index < -0.39 is 25.3 Å². The molecule has 0 aliphatic heterocycles. The molecule has 17 heavy (non-hydrogen) atoms. The molecule has 0 aromatic heterocycles. The molecule has 2 atom stereocenters. The minimum Gasteiger partial charge on any atom is -0.362 e. The molecule has 0 radical (unpaired) electrons. The van der Waals surface area contributed by atoms with Crippen molar-refractivity contribution in [2.75, 3.05) is 13.2 Å². The van der Waals surface area contributed by atoms with Crippen LogP contribution in [0.4, 0.5) is 13.2 Å². The smallest absolute Gasteiger partial charge is 0.362 e. The molecule has 1 amide bonds. The fourth-order valence-electron chi connectivity index (χ4n) is 1.76. The Bertz CT molecular complexity index is 260. The minimum atomic E-state index is -4.39. The molecular weight excluding hydrogens is 303 g/mol. The molecule has 0 spiro atoms. The molecule has 100 valence electrons. The van der Waals surface area contributed by atoms with Gasteiger partial charge in [0.2, 0.25) is 5.91 Å². The number of carbonyl (C=O) groups is 1. The first-order valence-electron chi connectivity index (χ1n) is 5.46. The number of nitrogens with one attached hydrogen (secondary N) is 1. The molecule has 7 heteroatoms. The lowest BCUT2D eigenvalue weighted by molar-refractivity contribution is -0.175. The maximum absolute atomic E-state index is 11.8. The predicted molar refractivity (Wildman–Crippen MR) is 60.0 cm³/mol. The standard InChI is InChI=1S/C10H15BrF3NO2/c11-7-3-1-2-4-8(7)15-9(16)5-17-6-10(12,13)14/h7-8H,1-6H2,(H,15,16). The van der Waals surface area contributed by atoms with Crippen molar-refractivity contribution >= 4 is 21.8 Å². The summed E-state index contributed by atoms with van der Waals surface area (Å²) in [5.74, 6) is -0.495. The summed E-state index contributed by atoms with van der Waals surface area (Å²) in [7, 11) is 0. The number of hydrogen-bond acceptors (Lipinski definition) is 2. The lowest BCUT2D eigenvalue weighted by Gasteiger charge is -2.28. The highest BCUT2D eigenvalue weighted by Crippen LogP contribution is 2.24. The summed E-state index contributed by atoms with van der Waals surface area (Å²) in [5, 5.41) is 2.68. The molecule has 1 saturated carbocycles. The zero-order valence-corrected chi connectivity index (χ0v) is 10.8. The summed E-state index contributed by atoms with van der Waals surface area (Å²) in [6, 6.07) is -0.00858. The van der Waals surface area contributed by atoms with Gasteiger partial charge in [-0.2, -0.15) is 13.2 Å². The number of alkyl halides is 4. The van der Waals surface area contributed by atoms with E-state index in [4.69, 9.17) is 0 Å². The van der Waals surface area contributed by atoms with Gasteiger partial charge in [0.1, 0.15) is 13.2 Å². The van der Waals surface area contributed by atoms with E-state index in [1.807, 2.05) is 0 Å². The maximum Gasteiger partial charge on any atom is 0.411 e. The van der Waals surface area contributed by atoms with Crippen LogP contribution in [0.3, 0.4) is 0 Å². The van der Waals surface area contributed by atoms with Gasteiger partial charge in [0.25, 0.3) is 0 Å². The predicted octanol–water partition coefficient (Wildman–Crippen LogP) is 2.39. The van der Waals surface area contributed by atoms with Crippen molar-refractivity contribution in [3.63, 3.8) is 0 Å². The molecular formula is C10H15BrF3NO2. The molecule has 1 N–H and O–H groups in total. The second kappa shape index (κ2) is 6.58. The van der Waals surface area contributed by atoms with Crippen LogP contribution in [0.15, 0.2) is 0 Å². The summed E-state index contributed by atoms with van der Waals surface area (Å²) in [6.45, 7) is -1.93. The molecule has 0 aromatic carbocycles. The average molecular weight is 318 g/mol. The summed E-state index contributed by atoms with van der Waals surface area (Å²) in [4.78, 5) is 11.5. The molecule has 0 bridgehead atoms. The lowest BCUT2D eigenvalue weighted by Crippen LogP contribution is -2.44. The van der Waals surface area contributed by atoms with E-state index in [9.17, 15) is 18.0 Å². The van der Waals surface area contributed by atoms with Gasteiger partial charge in [-0.1, -0.05) is 28.8 Å². The Morgan fingerprint density at radius 3 is 2.59 bits per heavy atom. The third kappa shape index (κ3) is 6.26. The topological polar surface area (TPSA) is 38.3 Å². The quantitative estimate of drug-likeness (QED) is 0.809. The fraction of sp³-hybridized carbons (Fsp3) is 0.900. The SMILES string of the molecule is O=C(COCC(F)(F)F)NC1CCCCC1Br. The van der Waals surface area contributed by atoms with Crippen molar-refractivity contribution in [1.29, 1.82) is 0 Å². The van der Waals surface area contributed by atoms with E-state index in [0.29, 0.717) is 0 Å². The Balaban J connectivity index is 2.20. The van der Waals surface area contributed by atoms with Crippen LogP contribution in [0, 0.1) is 0 Å². The maximum atomic E-state index is 11.8. The van der Waals surface area contributed by atoms with Gasteiger partial charge in [0.15, 0.2) is 0 Å². The lowest BCUT2D eigenvalue weighted by atomic mass is 9.95. The van der Waals surface area contributed by atoms with Crippen LogP contribution in [-0.2, 0) is 9.53 Å². The van der Waals surface area contributed by atoms with Gasteiger partial charge in [-0.05, 0) is 12.8 Å². The van der Waals surface area contributed by atoms with Gasteiger partial charge >= 0.3 is 6.18 Å². The van der Waals surface area contributed by atoms with E-state index in [1.54, 1.807) is 0 Å². The molecule has 0 aromatic rings. The monoisotopic (exact) mass is 317 g/mol. The van der Waals surface area contributed by atoms with Crippen molar-refractivity contribution in [1.82, 2.24) is 5.32 Å². The molecule has 1 fully saturated rings. The zero-order chi connectivity index (χ0) is 12.9. The van der Waals surface area contributed by atoms with Gasteiger partial charge < -0.3 is 10.1 Å². The van der Waals surface area contributed by atoms with Gasteiger partial charge in [-0.3, -0.25) is 4.79 Å². The summed E-state index contributed by atoms with van der Waals surface area (Å²) < 4.78 is 39.6. The molecule has 2 unspecified atom stereocenters. The van der Waals surface area contributed by atoms with Crippen molar-refractivity contribution in [3.05, 3.63) is 0 Å². The largest absolute Gasteiger partial charge is 0.411 e. The van der Waals surface area contributed by atoms with E-state index in [2.05, 4.69) is 26.0 Å². The van der Waals surface area contributed by atoms with E-state index in [1.165, 1.54) is 0 Å². The number of hydrogen-bond donors (Lipinski definition) is 1. The molecule has 0 heterocycles. The highest BCUT2D eigenvalue weighted by Gasteiger charge is 2.28. The number of carbonyl (C=O) groups excluding carboxylic acids is 1. The first kappa shape index (κ1) is 14.8. The van der Waals surface area contributed by atoms with Crippen LogP contribution in [0.25, 0.3) is 0 Å². The second-order valence-electron chi connectivity index (χ2n) is 4.08. The van der Waals surface area contributed by atoms with Crippen LogP contribution < -0.4 is 5.32 Å². The first-order chi connectivity index (χ1) is 7.88. The third-order valence-corrected chi connectivity index (χ3v) is 3.62. The Kier molecular flexibility index (Phi) is 5.72. The normalized spacial score (nSPS) is 25.6. The second-order valence-corrected chi connectivity index (χ2v) is 5.26. The van der Waals surface area contributed by atoms with Crippen molar-refractivity contribution < 1.29 is 22.7 Å². The summed E-state index contributed by atoms with van der Waals surface area (Å²) in [5.41, 5.74) is 0. The highest BCUT2D eigenvalue weighted by atomic mass is 79.9. The Morgan fingerprint density at radius 1 is 1.35 bits per heavy atom. The van der Waals surface area contributed by atoms with Crippen LogP contribution in [0.1, 0.15) is 25.7 Å².